The molecule has 1 aliphatic heterocycles. The molecule has 146 valence electrons. The molecule has 5 rings (SSSR count). The first-order valence-electron chi connectivity index (χ1n) is 9.90. The van der Waals surface area contributed by atoms with Crippen molar-refractivity contribution in [3.63, 3.8) is 0 Å². The van der Waals surface area contributed by atoms with Crippen LogP contribution in [0.4, 0.5) is 0 Å². The van der Waals surface area contributed by atoms with Crippen LogP contribution in [0.2, 0.25) is 0 Å². The Morgan fingerprint density at radius 1 is 1.17 bits per heavy atom. The highest BCUT2D eigenvalue weighted by Gasteiger charge is 2.26. The highest BCUT2D eigenvalue weighted by molar-refractivity contribution is 7.10. The molecule has 0 bridgehead atoms. The number of thiophene rings is 1. The average molecular weight is 403 g/mol. The van der Waals surface area contributed by atoms with Crippen LogP contribution in [-0.4, -0.2) is 32.1 Å². The Labute approximate surface area is 173 Å². The summed E-state index contributed by atoms with van der Waals surface area (Å²) in [6, 6.07) is 14.2. The number of nitrogens with zero attached hydrogens (tertiary/aromatic N) is 4. The molecule has 5 nitrogen and oxygen atoms in total. The summed E-state index contributed by atoms with van der Waals surface area (Å²) in [6.45, 7) is 5.57. The Bertz CT molecular complexity index is 1190. The second kappa shape index (κ2) is 7.12. The molecule has 1 aromatic carbocycles. The second-order valence-electron chi connectivity index (χ2n) is 7.69. The Kier molecular flexibility index (Phi) is 4.43. The fraction of sp³-hybridized carbons (Fsp3) is 0.261. The summed E-state index contributed by atoms with van der Waals surface area (Å²) in [5.74, 6) is 0.0507. The number of aromatic nitrogens is 3. The van der Waals surface area contributed by atoms with E-state index in [1.807, 2.05) is 46.0 Å². The van der Waals surface area contributed by atoms with Crippen molar-refractivity contribution in [2.75, 3.05) is 6.54 Å². The molecule has 0 unspecified atom stereocenters. The zero-order valence-corrected chi connectivity index (χ0v) is 17.3. The van der Waals surface area contributed by atoms with Crippen molar-refractivity contribution < 1.29 is 4.79 Å². The summed E-state index contributed by atoms with van der Waals surface area (Å²) in [6.07, 6.45) is 2.70. The molecule has 0 aliphatic carbocycles. The van der Waals surface area contributed by atoms with Gasteiger partial charge in [0, 0.05) is 29.6 Å². The third kappa shape index (κ3) is 3.13. The zero-order chi connectivity index (χ0) is 20.0. The Hall–Kier alpha value is -2.99. The Morgan fingerprint density at radius 2 is 2.00 bits per heavy atom. The molecule has 0 N–H and O–H groups in total. The van der Waals surface area contributed by atoms with Gasteiger partial charge in [-0.2, -0.15) is 5.10 Å². The van der Waals surface area contributed by atoms with Gasteiger partial charge in [0.15, 0.2) is 5.65 Å². The van der Waals surface area contributed by atoms with Crippen LogP contribution in [0.25, 0.3) is 22.3 Å². The number of hydrogen-bond donors (Lipinski definition) is 0. The van der Waals surface area contributed by atoms with Crippen molar-refractivity contribution in [3.8, 4) is 11.3 Å². The molecule has 29 heavy (non-hydrogen) atoms. The van der Waals surface area contributed by atoms with Gasteiger partial charge in [-0.15, -0.1) is 11.3 Å². The molecule has 0 saturated heterocycles. The van der Waals surface area contributed by atoms with Crippen LogP contribution < -0.4 is 0 Å². The molecule has 0 fully saturated rings. The van der Waals surface area contributed by atoms with Crippen molar-refractivity contribution >= 4 is 28.3 Å². The van der Waals surface area contributed by atoms with Crippen LogP contribution in [0.3, 0.4) is 0 Å². The van der Waals surface area contributed by atoms with Gasteiger partial charge < -0.3 is 4.90 Å². The first-order valence-corrected chi connectivity index (χ1v) is 10.8. The van der Waals surface area contributed by atoms with Gasteiger partial charge in [-0.3, -0.25) is 4.79 Å². The molecule has 0 spiro atoms. The predicted octanol–water partition coefficient (Wildman–Crippen LogP) is 4.94. The number of carbonyl (C=O) groups is 1. The Balaban J connectivity index is 1.63. The molecule has 4 heterocycles. The van der Waals surface area contributed by atoms with E-state index in [1.54, 1.807) is 17.5 Å². The molecular formula is C23H22N4OS. The summed E-state index contributed by atoms with van der Waals surface area (Å²) in [7, 11) is 0. The monoisotopic (exact) mass is 402 g/mol. The number of hydrogen-bond acceptors (Lipinski definition) is 4. The molecule has 4 aromatic rings. The van der Waals surface area contributed by atoms with Gasteiger partial charge in [-0.25, -0.2) is 9.67 Å². The molecule has 1 aliphatic rings. The van der Waals surface area contributed by atoms with Crippen LogP contribution >= 0.6 is 11.3 Å². The largest absolute Gasteiger partial charge is 0.334 e. The highest BCUT2D eigenvalue weighted by Crippen LogP contribution is 2.30. The lowest BCUT2D eigenvalue weighted by atomic mass is 10.0. The maximum absolute atomic E-state index is 13.6. The summed E-state index contributed by atoms with van der Waals surface area (Å²) < 4.78 is 1.89. The van der Waals surface area contributed by atoms with E-state index in [2.05, 4.69) is 30.4 Å². The number of rotatable bonds is 3. The van der Waals surface area contributed by atoms with E-state index in [0.717, 1.165) is 35.3 Å². The van der Waals surface area contributed by atoms with Crippen molar-refractivity contribution in [1.29, 1.82) is 0 Å². The van der Waals surface area contributed by atoms with Crippen molar-refractivity contribution in [2.45, 2.75) is 32.9 Å². The van der Waals surface area contributed by atoms with Gasteiger partial charge in [0.05, 0.1) is 22.8 Å². The molecule has 0 saturated carbocycles. The molecular weight excluding hydrogens is 380 g/mol. The lowest BCUT2D eigenvalue weighted by molar-refractivity contribution is 0.0738. The number of carbonyl (C=O) groups excluding carboxylic acids is 1. The van der Waals surface area contributed by atoms with Crippen molar-refractivity contribution in [1.82, 2.24) is 19.7 Å². The predicted molar refractivity (Wildman–Crippen MR) is 116 cm³/mol. The lowest BCUT2D eigenvalue weighted by Crippen LogP contribution is -2.35. The number of fused-ring (bicyclic) bond motifs is 2. The first kappa shape index (κ1) is 18.1. The SMILES string of the molecule is CC(C)n1ncc2c(C(=O)N3CCc4sccc4C3)cc(-c3ccccc3)nc21. The van der Waals surface area contributed by atoms with Gasteiger partial charge in [0.25, 0.3) is 5.91 Å². The number of pyridine rings is 1. The quantitative estimate of drug-likeness (QED) is 0.488. The minimum absolute atomic E-state index is 0.0507. The fourth-order valence-electron chi connectivity index (χ4n) is 3.92. The van der Waals surface area contributed by atoms with E-state index in [4.69, 9.17) is 4.98 Å². The van der Waals surface area contributed by atoms with E-state index >= 15 is 0 Å². The Morgan fingerprint density at radius 3 is 2.79 bits per heavy atom. The summed E-state index contributed by atoms with van der Waals surface area (Å²) in [4.78, 5) is 21.8. The first-order chi connectivity index (χ1) is 14.1. The molecule has 0 radical (unpaired) electrons. The minimum atomic E-state index is 0.0507. The van der Waals surface area contributed by atoms with E-state index in [0.29, 0.717) is 12.1 Å². The van der Waals surface area contributed by atoms with E-state index < -0.39 is 0 Å². The van der Waals surface area contributed by atoms with Crippen molar-refractivity contribution in [3.05, 3.63) is 70.0 Å². The zero-order valence-electron chi connectivity index (χ0n) is 16.5. The normalized spacial score (nSPS) is 13.8. The van der Waals surface area contributed by atoms with Crippen molar-refractivity contribution in [2.24, 2.45) is 0 Å². The molecule has 0 atom stereocenters. The van der Waals surface area contributed by atoms with Gasteiger partial charge >= 0.3 is 0 Å². The lowest BCUT2D eigenvalue weighted by Gasteiger charge is -2.27. The average Bonchev–Trinajstić information content (AvgIpc) is 3.39. The second-order valence-corrected chi connectivity index (χ2v) is 8.69. The third-order valence-electron chi connectivity index (χ3n) is 5.45. The van der Waals surface area contributed by atoms with Crippen LogP contribution in [-0.2, 0) is 13.0 Å². The standard InChI is InChI=1S/C23H22N4OS/c1-15(2)27-22-19(13-24-27)18(12-20(25-22)16-6-4-3-5-7-16)23(28)26-10-8-21-17(14-26)9-11-29-21/h3-7,9,11-13,15H,8,10,14H2,1-2H3. The highest BCUT2D eigenvalue weighted by atomic mass is 32.1. The van der Waals surface area contributed by atoms with E-state index in [1.165, 1.54) is 10.4 Å². The summed E-state index contributed by atoms with van der Waals surface area (Å²) in [5.41, 5.74) is 4.51. The number of benzene rings is 1. The van der Waals surface area contributed by atoms with Crippen LogP contribution in [0, 0.1) is 0 Å². The topological polar surface area (TPSA) is 51.0 Å². The maximum Gasteiger partial charge on any atom is 0.255 e. The molecule has 6 heteroatoms. The fourth-order valence-corrected chi connectivity index (χ4v) is 4.81. The van der Waals surface area contributed by atoms with Crippen LogP contribution in [0.1, 0.15) is 40.7 Å². The summed E-state index contributed by atoms with van der Waals surface area (Å²) >= 11 is 1.78. The van der Waals surface area contributed by atoms with Gasteiger partial charge in [-0.1, -0.05) is 30.3 Å². The van der Waals surface area contributed by atoms with Gasteiger partial charge in [0.1, 0.15) is 0 Å². The van der Waals surface area contributed by atoms with Crippen LogP contribution in [0.15, 0.2) is 54.0 Å². The van der Waals surface area contributed by atoms with Gasteiger partial charge in [0.2, 0.25) is 0 Å². The maximum atomic E-state index is 13.6. The third-order valence-corrected chi connectivity index (χ3v) is 6.47. The minimum Gasteiger partial charge on any atom is -0.334 e. The van der Waals surface area contributed by atoms with E-state index in [-0.39, 0.29) is 11.9 Å². The summed E-state index contributed by atoms with van der Waals surface area (Å²) in [5, 5.41) is 7.46. The smallest absolute Gasteiger partial charge is 0.255 e. The molecule has 3 aromatic heterocycles. The van der Waals surface area contributed by atoms with E-state index in [9.17, 15) is 4.79 Å². The molecule has 1 amide bonds. The van der Waals surface area contributed by atoms with Gasteiger partial charge in [-0.05, 0) is 43.3 Å². The number of amides is 1. The van der Waals surface area contributed by atoms with Crippen LogP contribution in [0.5, 0.6) is 0 Å².